The van der Waals surface area contributed by atoms with Crippen LogP contribution in [0.4, 0.5) is 4.79 Å². The number of nitrogens with zero attached hydrogens (tertiary/aromatic N) is 1. The molecule has 0 saturated carbocycles. The van der Waals surface area contributed by atoms with Crippen molar-refractivity contribution in [2.45, 2.75) is 26.6 Å². The summed E-state index contributed by atoms with van der Waals surface area (Å²) < 4.78 is 11.5. The first-order valence-electron chi connectivity index (χ1n) is 7.48. The Morgan fingerprint density at radius 3 is 2.65 bits per heavy atom. The lowest BCUT2D eigenvalue weighted by atomic mass is 10.1. The van der Waals surface area contributed by atoms with E-state index in [2.05, 4.69) is 21.2 Å². The molecule has 0 aliphatic rings. The maximum atomic E-state index is 12.2. The van der Waals surface area contributed by atoms with Crippen molar-refractivity contribution in [1.29, 1.82) is 0 Å². The van der Waals surface area contributed by atoms with Gasteiger partial charge >= 0.3 is 6.03 Å². The fourth-order valence-electron chi connectivity index (χ4n) is 2.13. The summed E-state index contributed by atoms with van der Waals surface area (Å²) in [5, 5.41) is 2.92. The lowest BCUT2D eigenvalue weighted by Crippen LogP contribution is -2.36. The van der Waals surface area contributed by atoms with Gasteiger partial charge in [-0.2, -0.15) is 0 Å². The van der Waals surface area contributed by atoms with Gasteiger partial charge in [-0.3, -0.25) is 0 Å². The first-order valence-corrected chi connectivity index (χ1v) is 8.27. The van der Waals surface area contributed by atoms with Gasteiger partial charge in [-0.1, -0.05) is 24.3 Å². The predicted octanol–water partition coefficient (Wildman–Crippen LogP) is 3.92. The summed E-state index contributed by atoms with van der Waals surface area (Å²) in [5.74, 6) is 0.728. The molecule has 0 spiro atoms. The van der Waals surface area contributed by atoms with Crippen molar-refractivity contribution in [3.8, 4) is 0 Å². The molecule has 2 amide bonds. The normalized spacial score (nSPS) is 10.6. The highest BCUT2D eigenvalue weighted by atomic mass is 79.9. The van der Waals surface area contributed by atoms with Gasteiger partial charge in [-0.25, -0.2) is 4.79 Å². The summed E-state index contributed by atoms with van der Waals surface area (Å²) in [4.78, 5) is 13.8. The van der Waals surface area contributed by atoms with Crippen LogP contribution < -0.4 is 5.32 Å². The minimum Gasteiger partial charge on any atom is -0.452 e. The second-order valence-corrected chi connectivity index (χ2v) is 5.91. The topological polar surface area (TPSA) is 54.7 Å². The molecule has 2 rings (SSSR count). The molecular formula is C17H21BrN2O3. The number of rotatable bonds is 7. The highest BCUT2D eigenvalue weighted by molar-refractivity contribution is 9.10. The van der Waals surface area contributed by atoms with Gasteiger partial charge in [0.25, 0.3) is 0 Å². The summed E-state index contributed by atoms with van der Waals surface area (Å²) in [6, 6.07) is 11.4. The minimum absolute atomic E-state index is 0.149. The zero-order valence-corrected chi connectivity index (χ0v) is 14.9. The summed E-state index contributed by atoms with van der Waals surface area (Å²) in [6.07, 6.45) is 0. The van der Waals surface area contributed by atoms with Crippen LogP contribution in [0, 0.1) is 0 Å². The molecule has 0 radical (unpaired) electrons. The molecule has 0 atom stereocenters. The molecule has 0 aliphatic heterocycles. The lowest BCUT2D eigenvalue weighted by Gasteiger charge is -2.17. The molecule has 0 fully saturated rings. The van der Waals surface area contributed by atoms with Gasteiger partial charge in [0.05, 0.1) is 13.2 Å². The number of urea groups is 1. The summed E-state index contributed by atoms with van der Waals surface area (Å²) >= 11 is 3.25. The number of benzene rings is 1. The van der Waals surface area contributed by atoms with Crippen molar-refractivity contribution >= 4 is 22.0 Å². The van der Waals surface area contributed by atoms with Gasteiger partial charge < -0.3 is 19.4 Å². The van der Waals surface area contributed by atoms with Crippen molar-refractivity contribution in [3.05, 3.63) is 58.0 Å². The van der Waals surface area contributed by atoms with Crippen LogP contribution in [0.3, 0.4) is 0 Å². The van der Waals surface area contributed by atoms with Crippen molar-refractivity contribution in [2.24, 2.45) is 0 Å². The zero-order chi connectivity index (χ0) is 16.7. The van der Waals surface area contributed by atoms with Gasteiger partial charge in [0, 0.05) is 20.2 Å². The van der Waals surface area contributed by atoms with E-state index < -0.39 is 0 Å². The van der Waals surface area contributed by atoms with Gasteiger partial charge in [0.2, 0.25) is 0 Å². The monoisotopic (exact) mass is 380 g/mol. The number of carbonyl (C=O) groups is 1. The van der Waals surface area contributed by atoms with Crippen LogP contribution >= 0.6 is 15.9 Å². The molecular weight excluding hydrogens is 360 g/mol. The second kappa shape index (κ2) is 8.74. The SMILES string of the molecule is CCOCc1ccccc1CNC(=O)N(C)Cc1ccc(Br)o1. The number of hydrogen-bond acceptors (Lipinski definition) is 3. The van der Waals surface area contributed by atoms with E-state index in [9.17, 15) is 4.79 Å². The minimum atomic E-state index is -0.149. The average Bonchev–Trinajstić information content (AvgIpc) is 2.96. The molecule has 1 heterocycles. The van der Waals surface area contributed by atoms with Crippen molar-refractivity contribution in [2.75, 3.05) is 13.7 Å². The second-order valence-electron chi connectivity index (χ2n) is 5.13. The molecule has 124 valence electrons. The van der Waals surface area contributed by atoms with E-state index in [-0.39, 0.29) is 6.03 Å². The van der Waals surface area contributed by atoms with Crippen LogP contribution in [0.1, 0.15) is 23.8 Å². The third kappa shape index (κ3) is 5.41. The number of ether oxygens (including phenoxy) is 1. The van der Waals surface area contributed by atoms with Gasteiger partial charge in [-0.05, 0) is 46.1 Å². The Balaban J connectivity index is 1.88. The average molecular weight is 381 g/mol. The largest absolute Gasteiger partial charge is 0.452 e. The Bertz CT molecular complexity index is 642. The Morgan fingerprint density at radius 2 is 2.00 bits per heavy atom. The highest BCUT2D eigenvalue weighted by Gasteiger charge is 2.11. The molecule has 1 aromatic heterocycles. The van der Waals surface area contributed by atoms with E-state index >= 15 is 0 Å². The van der Waals surface area contributed by atoms with E-state index in [1.54, 1.807) is 11.9 Å². The molecule has 6 heteroatoms. The van der Waals surface area contributed by atoms with E-state index in [0.29, 0.717) is 31.0 Å². The van der Waals surface area contributed by atoms with E-state index in [4.69, 9.17) is 9.15 Å². The summed E-state index contributed by atoms with van der Waals surface area (Å²) in [6.45, 7) is 4.07. The Hall–Kier alpha value is -1.79. The molecule has 5 nitrogen and oxygen atoms in total. The maximum absolute atomic E-state index is 12.2. The summed E-state index contributed by atoms with van der Waals surface area (Å²) in [5.41, 5.74) is 2.15. The van der Waals surface area contributed by atoms with Gasteiger partial charge in [0.15, 0.2) is 4.67 Å². The number of nitrogens with one attached hydrogen (secondary N) is 1. The number of halogens is 1. The number of carbonyl (C=O) groups excluding carboxylic acids is 1. The maximum Gasteiger partial charge on any atom is 0.317 e. The quantitative estimate of drug-likeness (QED) is 0.791. The van der Waals surface area contributed by atoms with Crippen LogP contribution in [0.2, 0.25) is 0 Å². The molecule has 1 aromatic carbocycles. The molecule has 23 heavy (non-hydrogen) atoms. The molecule has 1 N–H and O–H groups in total. The zero-order valence-electron chi connectivity index (χ0n) is 13.3. The number of furan rings is 1. The molecule has 0 bridgehead atoms. The number of hydrogen-bond donors (Lipinski definition) is 1. The molecule has 2 aromatic rings. The van der Waals surface area contributed by atoms with Gasteiger partial charge in [-0.15, -0.1) is 0 Å². The van der Waals surface area contributed by atoms with Crippen LogP contribution in [0.5, 0.6) is 0 Å². The lowest BCUT2D eigenvalue weighted by molar-refractivity contribution is 0.133. The van der Waals surface area contributed by atoms with E-state index in [1.807, 2.05) is 43.3 Å². The van der Waals surface area contributed by atoms with Crippen LogP contribution in [0.15, 0.2) is 45.5 Å². The van der Waals surface area contributed by atoms with Crippen LogP contribution in [-0.2, 0) is 24.4 Å². The van der Waals surface area contributed by atoms with Crippen molar-refractivity contribution in [1.82, 2.24) is 10.2 Å². The third-order valence-corrected chi connectivity index (χ3v) is 3.80. The predicted molar refractivity (Wildman–Crippen MR) is 91.9 cm³/mol. The standard InChI is InChI=1S/C17H21BrN2O3/c1-3-22-12-14-7-5-4-6-13(14)10-19-17(21)20(2)11-15-8-9-16(18)23-15/h4-9H,3,10-12H2,1-2H3,(H,19,21). The molecule has 0 aliphatic carbocycles. The third-order valence-electron chi connectivity index (χ3n) is 3.38. The Morgan fingerprint density at radius 1 is 1.26 bits per heavy atom. The number of amides is 2. The van der Waals surface area contributed by atoms with Crippen molar-refractivity contribution in [3.63, 3.8) is 0 Å². The molecule has 0 saturated heterocycles. The first kappa shape index (κ1) is 17.6. The smallest absolute Gasteiger partial charge is 0.317 e. The Kier molecular flexibility index (Phi) is 6.67. The fourth-order valence-corrected chi connectivity index (χ4v) is 2.47. The highest BCUT2D eigenvalue weighted by Crippen LogP contribution is 2.15. The van der Waals surface area contributed by atoms with E-state index in [0.717, 1.165) is 16.9 Å². The van der Waals surface area contributed by atoms with Crippen LogP contribution in [-0.4, -0.2) is 24.6 Å². The van der Waals surface area contributed by atoms with Gasteiger partial charge in [0.1, 0.15) is 5.76 Å². The summed E-state index contributed by atoms with van der Waals surface area (Å²) in [7, 11) is 1.73. The molecule has 0 unspecified atom stereocenters. The van der Waals surface area contributed by atoms with E-state index in [1.165, 1.54) is 0 Å². The first-order chi connectivity index (χ1) is 11.1. The Labute approximate surface area is 144 Å². The van der Waals surface area contributed by atoms with Crippen LogP contribution in [0.25, 0.3) is 0 Å². The van der Waals surface area contributed by atoms with Crippen molar-refractivity contribution < 1.29 is 13.9 Å². The fraction of sp³-hybridized carbons (Fsp3) is 0.353.